The van der Waals surface area contributed by atoms with E-state index in [1.165, 1.54) is 0 Å². The van der Waals surface area contributed by atoms with Crippen LogP contribution in [0.5, 0.6) is 0 Å². The van der Waals surface area contributed by atoms with Crippen LogP contribution in [-0.4, -0.2) is 134 Å². The molecule has 1 spiro atoms. The van der Waals surface area contributed by atoms with Gasteiger partial charge < -0.3 is 25.3 Å². The summed E-state index contributed by atoms with van der Waals surface area (Å²) in [5.74, 6) is -1.09. The number of rotatable bonds is 9. The second-order valence-electron chi connectivity index (χ2n) is 17.3. The molecule has 9 rings (SSSR count). The lowest BCUT2D eigenvalue weighted by atomic mass is 9.76. The van der Waals surface area contributed by atoms with Crippen molar-refractivity contribution >= 4 is 46.9 Å². The van der Waals surface area contributed by atoms with Gasteiger partial charge >= 0.3 is 0 Å². The van der Waals surface area contributed by atoms with Crippen molar-refractivity contribution < 1.29 is 28.8 Å². The van der Waals surface area contributed by atoms with Crippen LogP contribution >= 0.6 is 0 Å². The lowest BCUT2D eigenvalue weighted by Gasteiger charge is -2.42. The summed E-state index contributed by atoms with van der Waals surface area (Å²) >= 11 is 0. The highest BCUT2D eigenvalue weighted by Crippen LogP contribution is 2.43. The highest BCUT2D eigenvalue weighted by atomic mass is 16.2. The average Bonchev–Trinajstić information content (AvgIpc) is 3.87. The second kappa shape index (κ2) is 15.5. The SMILES string of the molecule is Cn1cc(Cc2nc(N3CCC[C@@H](N4CCC5(CCN(CC6CCN(c7ccc8c(c7)C(=O)N(C7CCC(=O)NC7=O)C8=O)CC6)CC5)C4=O)C3)cnc2C(N)=O)cn1. The quantitative estimate of drug-likeness (QED) is 0.296. The topological polar surface area (TPSA) is 200 Å². The number of imide groups is 2. The van der Waals surface area contributed by atoms with Gasteiger partial charge in [0.05, 0.1) is 34.6 Å². The lowest BCUT2D eigenvalue weighted by molar-refractivity contribution is -0.140. The van der Waals surface area contributed by atoms with Crippen molar-refractivity contribution in [1.29, 1.82) is 0 Å². The Hall–Kier alpha value is -5.71. The molecule has 0 bridgehead atoms. The maximum atomic E-state index is 14.2. The molecule has 2 aromatic heterocycles. The molecule has 0 aliphatic carbocycles. The number of nitrogens with zero attached hydrogens (tertiary/aromatic N) is 9. The molecule has 17 nitrogen and oxygen atoms in total. The summed E-state index contributed by atoms with van der Waals surface area (Å²) < 4.78 is 1.71. The van der Waals surface area contributed by atoms with Crippen LogP contribution in [0, 0.1) is 11.3 Å². The zero-order chi connectivity index (χ0) is 41.0. The number of hydrogen-bond donors (Lipinski definition) is 2. The summed E-state index contributed by atoms with van der Waals surface area (Å²) in [7, 11) is 1.84. The van der Waals surface area contributed by atoms with Gasteiger partial charge in [0.15, 0.2) is 0 Å². The van der Waals surface area contributed by atoms with Crippen LogP contribution < -0.4 is 20.9 Å². The first kappa shape index (κ1) is 38.8. The molecule has 1 aromatic carbocycles. The van der Waals surface area contributed by atoms with E-state index in [2.05, 4.69) is 35.0 Å². The van der Waals surface area contributed by atoms with Crippen LogP contribution in [0.4, 0.5) is 11.5 Å². The van der Waals surface area contributed by atoms with Crippen molar-refractivity contribution in [3.05, 3.63) is 64.9 Å². The summed E-state index contributed by atoms with van der Waals surface area (Å²) in [4.78, 5) is 96.5. The molecular weight excluding hydrogens is 755 g/mol. The molecule has 0 saturated carbocycles. The van der Waals surface area contributed by atoms with E-state index in [0.717, 1.165) is 107 Å². The number of benzene rings is 1. The largest absolute Gasteiger partial charge is 0.371 e. The van der Waals surface area contributed by atoms with Gasteiger partial charge in [0.1, 0.15) is 17.6 Å². The van der Waals surface area contributed by atoms with Gasteiger partial charge in [0.2, 0.25) is 17.7 Å². The number of carbonyl (C=O) groups excluding carboxylic acids is 6. The number of amides is 6. The van der Waals surface area contributed by atoms with Gasteiger partial charge in [-0.15, -0.1) is 0 Å². The molecule has 6 aliphatic rings. The molecule has 17 heteroatoms. The molecule has 5 fully saturated rings. The average molecular weight is 806 g/mol. The van der Waals surface area contributed by atoms with Crippen LogP contribution in [0.3, 0.4) is 0 Å². The van der Waals surface area contributed by atoms with E-state index < -0.39 is 35.6 Å². The summed E-state index contributed by atoms with van der Waals surface area (Å²) in [6, 6.07) is 4.45. The summed E-state index contributed by atoms with van der Waals surface area (Å²) in [5, 5.41) is 6.48. The predicted molar refractivity (Wildman–Crippen MR) is 214 cm³/mol. The van der Waals surface area contributed by atoms with E-state index in [4.69, 9.17) is 10.7 Å². The molecule has 3 aromatic rings. The Bertz CT molecular complexity index is 2210. The number of nitrogens with two attached hydrogens (primary N) is 1. The number of aromatic nitrogens is 4. The van der Waals surface area contributed by atoms with Gasteiger partial charge in [-0.25, -0.2) is 9.97 Å². The Morgan fingerprint density at radius 2 is 1.66 bits per heavy atom. The van der Waals surface area contributed by atoms with E-state index in [1.54, 1.807) is 29.2 Å². The van der Waals surface area contributed by atoms with Gasteiger partial charge in [-0.2, -0.15) is 5.10 Å². The standard InChI is InChI=1S/C42H51N11O6/c1-48-23-27(21-45-48)19-32-36(37(43)55)44-22-34(46-32)51-13-2-3-29(25-51)52-18-12-42(41(52)59)10-16-49(17-11-42)24-26-8-14-50(15-9-26)28-4-5-30-31(20-28)40(58)53(39(30)57)33-6-7-35(54)47-38(33)56/h4-5,20-23,26,29,33H,2-3,6-19,24-25H2,1H3,(H2,43,55)(H,47,54,56)/t29-,33?/m1/s1. The number of hydrogen-bond acceptors (Lipinski definition) is 12. The molecule has 8 heterocycles. The minimum absolute atomic E-state index is 0.0880. The summed E-state index contributed by atoms with van der Waals surface area (Å²) in [6.45, 7) is 6.71. The Morgan fingerprint density at radius 3 is 2.39 bits per heavy atom. The van der Waals surface area contributed by atoms with Crippen molar-refractivity contribution in [2.24, 2.45) is 24.1 Å². The lowest BCUT2D eigenvalue weighted by Crippen LogP contribution is -2.54. The minimum Gasteiger partial charge on any atom is -0.371 e. The van der Waals surface area contributed by atoms with E-state index in [9.17, 15) is 28.8 Å². The van der Waals surface area contributed by atoms with E-state index in [1.807, 2.05) is 19.3 Å². The zero-order valence-electron chi connectivity index (χ0n) is 33.5. The van der Waals surface area contributed by atoms with Crippen LogP contribution in [-0.2, 0) is 27.9 Å². The molecule has 6 amide bonds. The van der Waals surface area contributed by atoms with Crippen LogP contribution in [0.1, 0.15) is 100 Å². The number of aryl methyl sites for hydroxylation is 1. The zero-order valence-corrected chi connectivity index (χ0v) is 33.5. The Labute approximate surface area is 342 Å². The normalized spacial score (nSPS) is 24.1. The molecule has 3 N–H and O–H groups in total. The monoisotopic (exact) mass is 805 g/mol. The third-order valence-corrected chi connectivity index (χ3v) is 13.6. The first-order valence-electron chi connectivity index (χ1n) is 21.0. The molecule has 2 atom stereocenters. The smallest absolute Gasteiger partial charge is 0.269 e. The molecule has 6 aliphatic heterocycles. The van der Waals surface area contributed by atoms with Gasteiger partial charge in [0.25, 0.3) is 17.7 Å². The van der Waals surface area contributed by atoms with Crippen molar-refractivity contribution in [3.8, 4) is 0 Å². The van der Waals surface area contributed by atoms with Crippen molar-refractivity contribution in [3.63, 3.8) is 0 Å². The molecule has 1 unspecified atom stereocenters. The molecule has 0 radical (unpaired) electrons. The molecule has 310 valence electrons. The third kappa shape index (κ3) is 7.33. The highest BCUT2D eigenvalue weighted by Gasteiger charge is 2.50. The van der Waals surface area contributed by atoms with Gasteiger partial charge in [0, 0.05) is 77.1 Å². The van der Waals surface area contributed by atoms with Gasteiger partial charge in [-0.3, -0.25) is 43.7 Å². The number of fused-ring (bicyclic) bond motifs is 1. The second-order valence-corrected chi connectivity index (χ2v) is 17.3. The Kier molecular flexibility index (Phi) is 10.2. The third-order valence-electron chi connectivity index (χ3n) is 13.6. The van der Waals surface area contributed by atoms with Crippen molar-refractivity contribution in [2.45, 2.75) is 76.3 Å². The summed E-state index contributed by atoms with van der Waals surface area (Å²) in [6.07, 6.45) is 12.4. The van der Waals surface area contributed by atoms with E-state index >= 15 is 0 Å². The number of likely N-dealkylation sites (tertiary alicyclic amines) is 2. The van der Waals surface area contributed by atoms with Crippen molar-refractivity contribution in [2.75, 3.05) is 62.2 Å². The Morgan fingerprint density at radius 1 is 0.898 bits per heavy atom. The fourth-order valence-electron chi connectivity index (χ4n) is 10.3. The van der Waals surface area contributed by atoms with Gasteiger partial charge in [-0.1, -0.05) is 0 Å². The number of anilines is 2. The van der Waals surface area contributed by atoms with E-state index in [-0.39, 0.29) is 30.0 Å². The molecule has 59 heavy (non-hydrogen) atoms. The van der Waals surface area contributed by atoms with Crippen molar-refractivity contribution in [1.82, 2.24) is 39.8 Å². The Balaban J connectivity index is 0.764. The number of primary amides is 1. The van der Waals surface area contributed by atoms with Gasteiger partial charge in [-0.05, 0) is 94.1 Å². The summed E-state index contributed by atoms with van der Waals surface area (Å²) in [5.41, 5.74) is 8.44. The fourth-order valence-corrected chi connectivity index (χ4v) is 10.3. The van der Waals surface area contributed by atoms with Crippen LogP contribution in [0.25, 0.3) is 0 Å². The van der Waals surface area contributed by atoms with E-state index in [0.29, 0.717) is 47.4 Å². The highest BCUT2D eigenvalue weighted by molar-refractivity contribution is 6.23. The minimum atomic E-state index is -0.979. The number of nitrogens with one attached hydrogen (secondary N) is 1. The van der Waals surface area contributed by atoms with Crippen LogP contribution in [0.15, 0.2) is 36.8 Å². The van der Waals surface area contributed by atoms with Crippen LogP contribution in [0.2, 0.25) is 0 Å². The maximum absolute atomic E-state index is 14.2. The first-order valence-corrected chi connectivity index (χ1v) is 21.0. The first-order chi connectivity index (χ1) is 28.5. The number of carbonyl (C=O) groups is 6. The fraction of sp³-hybridized carbons (Fsp3) is 0.548. The predicted octanol–water partition coefficient (Wildman–Crippen LogP) is 1.50. The molecular formula is C42H51N11O6. The number of piperidine rings is 4. The molecule has 5 saturated heterocycles. The maximum Gasteiger partial charge on any atom is 0.269 e.